The number of benzene rings is 1. The second kappa shape index (κ2) is 10.5. The Balaban J connectivity index is 1.64. The van der Waals surface area contributed by atoms with Crippen molar-refractivity contribution >= 4 is 29.2 Å². The van der Waals surface area contributed by atoms with Crippen molar-refractivity contribution in [3.63, 3.8) is 0 Å². The van der Waals surface area contributed by atoms with Crippen molar-refractivity contribution in [1.82, 2.24) is 10.3 Å². The van der Waals surface area contributed by atoms with Crippen molar-refractivity contribution in [3.05, 3.63) is 51.9 Å². The summed E-state index contributed by atoms with van der Waals surface area (Å²) in [5.41, 5.74) is 1.15. The fraction of sp³-hybridized carbons (Fsp3) is 0.481. The third kappa shape index (κ3) is 5.90. The van der Waals surface area contributed by atoms with Crippen LogP contribution in [-0.4, -0.2) is 27.3 Å². The van der Waals surface area contributed by atoms with Crippen LogP contribution < -0.4 is 5.32 Å². The molecule has 0 spiro atoms. The average molecular weight is 550 g/mol. The number of carbonyl (C=O) groups excluding carboxylic acids is 1. The highest BCUT2D eigenvalue weighted by Gasteiger charge is 2.49. The zero-order chi connectivity index (χ0) is 27.8. The molecular weight excluding hydrogens is 520 g/mol. The molecule has 0 radical (unpaired) electrons. The third-order valence-electron chi connectivity index (χ3n) is 6.66. The number of amides is 1. The average Bonchev–Trinajstić information content (AvgIpc) is 3.35. The monoisotopic (exact) mass is 549 g/mol. The molecule has 1 aliphatic rings. The molecule has 1 unspecified atom stereocenters. The summed E-state index contributed by atoms with van der Waals surface area (Å²) in [7, 11) is 0. The minimum atomic E-state index is -3.28. The Kier molecular flexibility index (Phi) is 7.65. The van der Waals surface area contributed by atoms with Gasteiger partial charge in [-0.3, -0.25) is 9.59 Å². The number of hydrogen-bond donors (Lipinski definition) is 2. The molecule has 1 aliphatic carbocycles. The maximum atomic E-state index is 14.9. The van der Waals surface area contributed by atoms with Gasteiger partial charge in [0.2, 0.25) is 11.7 Å². The number of carbonyl (C=O) groups is 2. The fourth-order valence-electron chi connectivity index (χ4n) is 4.23. The Morgan fingerprint density at radius 2 is 1.89 bits per heavy atom. The molecule has 204 valence electrons. The Bertz CT molecular complexity index is 1340. The summed E-state index contributed by atoms with van der Waals surface area (Å²) in [6.07, 6.45) is 1.50. The number of halogens is 3. The van der Waals surface area contributed by atoms with Crippen LogP contribution in [0.3, 0.4) is 0 Å². The maximum absolute atomic E-state index is 14.9. The number of alkyl halides is 2. The molecule has 2 aromatic heterocycles. The Morgan fingerprint density at radius 3 is 2.50 bits per heavy atom. The van der Waals surface area contributed by atoms with E-state index in [-0.39, 0.29) is 42.5 Å². The summed E-state index contributed by atoms with van der Waals surface area (Å²) in [5.74, 6) is -5.60. The van der Waals surface area contributed by atoms with Gasteiger partial charge in [0.15, 0.2) is 11.5 Å². The summed E-state index contributed by atoms with van der Waals surface area (Å²) >= 11 is 6.25. The third-order valence-corrected chi connectivity index (χ3v) is 6.97. The van der Waals surface area contributed by atoms with Gasteiger partial charge in [-0.2, -0.15) is 8.78 Å². The summed E-state index contributed by atoms with van der Waals surface area (Å²) in [5, 5.41) is 20.5. The molecule has 8 nitrogen and oxygen atoms in total. The van der Waals surface area contributed by atoms with Gasteiger partial charge in [-0.25, -0.2) is 0 Å². The lowest BCUT2D eigenvalue weighted by Crippen LogP contribution is -2.30. The minimum Gasteiger partial charge on any atom is -0.481 e. The van der Waals surface area contributed by atoms with Gasteiger partial charge in [0.25, 0.3) is 0 Å². The van der Waals surface area contributed by atoms with E-state index in [1.165, 1.54) is 20.8 Å². The van der Waals surface area contributed by atoms with Crippen LogP contribution in [0, 0.1) is 12.3 Å². The SMILES string of the molecule is Cc1ccc(NC(=O)CC(CCC(=O)O)c2noc(-c3cc(C(F)(F)C(C)(C)C)on3)c2C2CC2)c(Cl)c1. The van der Waals surface area contributed by atoms with Crippen LogP contribution in [0.2, 0.25) is 5.02 Å². The van der Waals surface area contributed by atoms with E-state index < -0.39 is 29.0 Å². The molecule has 11 heteroatoms. The number of aromatic nitrogens is 2. The van der Waals surface area contributed by atoms with Crippen LogP contribution in [0.15, 0.2) is 33.3 Å². The molecule has 1 fully saturated rings. The summed E-state index contributed by atoms with van der Waals surface area (Å²) in [6, 6.07) is 6.39. The molecule has 0 aliphatic heterocycles. The maximum Gasteiger partial charge on any atom is 0.312 e. The van der Waals surface area contributed by atoms with E-state index in [2.05, 4.69) is 15.6 Å². The number of carboxylic acid groups (broad SMARTS) is 1. The molecule has 38 heavy (non-hydrogen) atoms. The van der Waals surface area contributed by atoms with Gasteiger partial charge in [0, 0.05) is 35.8 Å². The van der Waals surface area contributed by atoms with Gasteiger partial charge < -0.3 is 19.5 Å². The Labute approximate surface area is 223 Å². The molecule has 4 rings (SSSR count). The molecule has 1 aromatic carbocycles. The van der Waals surface area contributed by atoms with Crippen LogP contribution in [0.25, 0.3) is 11.5 Å². The first-order chi connectivity index (χ1) is 17.8. The van der Waals surface area contributed by atoms with Crippen LogP contribution in [0.1, 0.15) is 87.3 Å². The predicted octanol–water partition coefficient (Wildman–Crippen LogP) is 7.28. The van der Waals surface area contributed by atoms with Gasteiger partial charge in [0.1, 0.15) is 0 Å². The first-order valence-electron chi connectivity index (χ1n) is 12.4. The number of nitrogens with one attached hydrogen (secondary N) is 1. The van der Waals surface area contributed by atoms with Crippen molar-refractivity contribution in [1.29, 1.82) is 0 Å². The van der Waals surface area contributed by atoms with E-state index in [1.807, 2.05) is 13.0 Å². The fourth-order valence-corrected chi connectivity index (χ4v) is 4.52. The van der Waals surface area contributed by atoms with Crippen LogP contribution >= 0.6 is 11.6 Å². The first kappa shape index (κ1) is 27.8. The first-order valence-corrected chi connectivity index (χ1v) is 12.8. The van der Waals surface area contributed by atoms with Gasteiger partial charge in [-0.1, -0.05) is 48.8 Å². The number of rotatable bonds is 10. The molecule has 1 amide bonds. The van der Waals surface area contributed by atoms with E-state index in [1.54, 1.807) is 12.1 Å². The van der Waals surface area contributed by atoms with Crippen molar-refractivity contribution in [2.24, 2.45) is 5.41 Å². The largest absolute Gasteiger partial charge is 0.481 e. The van der Waals surface area contributed by atoms with Crippen LogP contribution in [-0.2, 0) is 15.5 Å². The second-order valence-electron chi connectivity index (χ2n) is 10.9. The standard InChI is InChI=1S/C27H30ClF2N3O5/c1-14-5-9-18(17(28)11-14)31-21(34)12-16(8-10-22(35)36)24-23(15-6-7-15)25(38-33-24)19-13-20(37-32-19)27(29,30)26(2,3)4/h5,9,11,13,15-16H,6-8,10,12H2,1-4H3,(H,31,34)(H,35,36). The number of carboxylic acids is 1. The molecule has 1 saturated carbocycles. The Hall–Kier alpha value is -3.27. The van der Waals surface area contributed by atoms with Crippen LogP contribution in [0.5, 0.6) is 0 Å². The smallest absolute Gasteiger partial charge is 0.312 e. The lowest BCUT2D eigenvalue weighted by Gasteiger charge is -2.27. The van der Waals surface area contributed by atoms with E-state index >= 15 is 0 Å². The van der Waals surface area contributed by atoms with E-state index in [9.17, 15) is 23.5 Å². The zero-order valence-electron chi connectivity index (χ0n) is 21.6. The highest BCUT2D eigenvalue weighted by Crippen LogP contribution is 2.50. The Morgan fingerprint density at radius 1 is 1.18 bits per heavy atom. The number of hydrogen-bond acceptors (Lipinski definition) is 6. The quantitative estimate of drug-likeness (QED) is 0.272. The number of nitrogens with zero attached hydrogens (tertiary/aromatic N) is 2. The molecule has 3 aromatic rings. The summed E-state index contributed by atoms with van der Waals surface area (Å²) in [4.78, 5) is 24.3. The summed E-state index contributed by atoms with van der Waals surface area (Å²) < 4.78 is 40.3. The number of anilines is 1. The van der Waals surface area contributed by atoms with Crippen LogP contribution in [0.4, 0.5) is 14.5 Å². The van der Waals surface area contributed by atoms with Crippen molar-refractivity contribution in [3.8, 4) is 11.5 Å². The van der Waals surface area contributed by atoms with E-state index in [4.69, 9.17) is 20.6 Å². The molecule has 0 bridgehead atoms. The topological polar surface area (TPSA) is 118 Å². The van der Waals surface area contributed by atoms with Crippen molar-refractivity contribution in [2.45, 2.75) is 77.6 Å². The molecule has 2 heterocycles. The zero-order valence-corrected chi connectivity index (χ0v) is 22.4. The second-order valence-corrected chi connectivity index (χ2v) is 11.3. The van der Waals surface area contributed by atoms with E-state index in [0.29, 0.717) is 22.0 Å². The summed E-state index contributed by atoms with van der Waals surface area (Å²) in [6.45, 7) is 6.08. The molecule has 0 saturated heterocycles. The lowest BCUT2D eigenvalue weighted by atomic mass is 9.86. The lowest BCUT2D eigenvalue weighted by molar-refractivity contribution is -0.137. The van der Waals surface area contributed by atoms with Gasteiger partial charge >= 0.3 is 11.9 Å². The van der Waals surface area contributed by atoms with Gasteiger partial charge in [-0.05, 0) is 49.8 Å². The van der Waals surface area contributed by atoms with E-state index in [0.717, 1.165) is 24.5 Å². The normalized spacial score (nSPS) is 14.9. The number of aryl methyl sites for hydroxylation is 1. The molecular formula is C27H30ClF2N3O5. The molecule has 1 atom stereocenters. The van der Waals surface area contributed by atoms with Gasteiger partial charge in [-0.15, -0.1) is 0 Å². The predicted molar refractivity (Wildman–Crippen MR) is 136 cm³/mol. The van der Waals surface area contributed by atoms with Crippen molar-refractivity contribution < 1.29 is 32.5 Å². The minimum absolute atomic E-state index is 0.0384. The van der Waals surface area contributed by atoms with Crippen molar-refractivity contribution in [2.75, 3.05) is 5.32 Å². The number of aliphatic carboxylic acids is 1. The highest BCUT2D eigenvalue weighted by molar-refractivity contribution is 6.33. The molecule has 2 N–H and O–H groups in total. The highest BCUT2D eigenvalue weighted by atomic mass is 35.5. The van der Waals surface area contributed by atoms with Gasteiger partial charge in [0.05, 0.1) is 16.4 Å².